The minimum absolute atomic E-state index is 0.368. The molecule has 0 bridgehead atoms. The van der Waals surface area contributed by atoms with Gasteiger partial charge in [-0.05, 0) is 18.6 Å². The lowest BCUT2D eigenvalue weighted by Crippen LogP contribution is -2.14. The highest BCUT2D eigenvalue weighted by Crippen LogP contribution is 2.16. The van der Waals surface area contributed by atoms with Crippen molar-refractivity contribution in [3.8, 4) is 0 Å². The molecule has 1 aromatic rings. The van der Waals surface area contributed by atoms with E-state index in [1.165, 1.54) is 4.68 Å². The smallest absolute Gasteiger partial charge is 0.214 e. The highest BCUT2D eigenvalue weighted by Gasteiger charge is 2.10. The molecular weight excluding hydrogens is 172 g/mol. The third-order valence-corrected chi connectivity index (χ3v) is 2.18. The van der Waals surface area contributed by atoms with Crippen molar-refractivity contribution in [1.82, 2.24) is 14.9 Å². The van der Waals surface area contributed by atoms with Crippen LogP contribution in [0.2, 0.25) is 0 Å². The Balaban J connectivity index is 2.87. The predicted octanol–water partition coefficient (Wildman–Crippen LogP) is 1.56. The summed E-state index contributed by atoms with van der Waals surface area (Å²) in [7, 11) is 0. The molecule has 0 saturated heterocycles. The lowest BCUT2D eigenvalue weighted by molar-refractivity contribution is 0.608. The molecule has 0 aliphatic heterocycles. The van der Waals surface area contributed by atoms with Gasteiger partial charge in [-0.15, -0.1) is 0 Å². The first-order valence-corrected chi connectivity index (χ1v) is 4.50. The molecule has 0 aliphatic carbocycles. The highest BCUT2D eigenvalue weighted by molar-refractivity contribution is 7.71. The number of nitrogens with one attached hydrogen (secondary N) is 1. The molecule has 0 aliphatic rings. The van der Waals surface area contributed by atoms with Crippen molar-refractivity contribution in [3.05, 3.63) is 10.6 Å². The van der Waals surface area contributed by atoms with Crippen molar-refractivity contribution >= 4 is 12.2 Å². The summed E-state index contributed by atoms with van der Waals surface area (Å²) >= 11 is 4.90. The zero-order chi connectivity index (χ0) is 9.14. The molecule has 3 N–H and O–H groups in total. The van der Waals surface area contributed by atoms with Gasteiger partial charge < -0.3 is 5.84 Å². The maximum Gasteiger partial charge on any atom is 0.214 e. The van der Waals surface area contributed by atoms with E-state index in [1.807, 2.05) is 0 Å². The second kappa shape index (κ2) is 3.71. The molecule has 4 nitrogen and oxygen atoms in total. The number of rotatable bonds is 3. The second-order valence-corrected chi connectivity index (χ2v) is 3.33. The van der Waals surface area contributed by atoms with Gasteiger partial charge in [-0.3, -0.25) is 5.10 Å². The average molecular weight is 186 g/mol. The maximum absolute atomic E-state index is 5.65. The van der Waals surface area contributed by atoms with Crippen LogP contribution in [-0.2, 0) is 0 Å². The first-order valence-electron chi connectivity index (χ1n) is 4.09. The Bertz CT molecular complexity index is 301. The first-order chi connectivity index (χ1) is 5.66. The van der Waals surface area contributed by atoms with Crippen LogP contribution in [0, 0.1) is 4.77 Å². The van der Waals surface area contributed by atoms with Crippen LogP contribution in [0.1, 0.15) is 38.4 Å². The minimum atomic E-state index is 0.368. The molecular formula is C7H14N4S. The standard InChI is InChI=1S/C7H14N4S/c1-3-4-5(2)6-9-10-7(12)11(6)8/h5H,3-4,8H2,1-2H3,(H,10,12). The number of nitrogen functional groups attached to an aromatic ring is 1. The molecule has 1 heterocycles. The Labute approximate surface area is 76.8 Å². The Hall–Kier alpha value is -0.840. The van der Waals surface area contributed by atoms with Crippen LogP contribution in [0.25, 0.3) is 0 Å². The summed E-state index contributed by atoms with van der Waals surface area (Å²) in [6.07, 6.45) is 2.21. The van der Waals surface area contributed by atoms with E-state index in [9.17, 15) is 0 Å². The van der Waals surface area contributed by atoms with Crippen molar-refractivity contribution in [3.63, 3.8) is 0 Å². The summed E-state index contributed by atoms with van der Waals surface area (Å²) in [5.41, 5.74) is 0. The molecule has 1 atom stereocenters. The summed E-state index contributed by atoms with van der Waals surface area (Å²) in [6, 6.07) is 0. The highest BCUT2D eigenvalue weighted by atomic mass is 32.1. The minimum Gasteiger partial charge on any atom is -0.335 e. The van der Waals surface area contributed by atoms with Gasteiger partial charge in [-0.1, -0.05) is 20.3 Å². The lowest BCUT2D eigenvalue weighted by Gasteiger charge is -2.07. The summed E-state index contributed by atoms with van der Waals surface area (Å²) in [4.78, 5) is 0. The normalized spacial score (nSPS) is 13.2. The van der Waals surface area contributed by atoms with Gasteiger partial charge in [0.25, 0.3) is 0 Å². The zero-order valence-corrected chi connectivity index (χ0v) is 8.19. The average Bonchev–Trinajstić information content (AvgIpc) is 2.34. The largest absolute Gasteiger partial charge is 0.335 e. The number of hydrogen-bond donors (Lipinski definition) is 2. The fraction of sp³-hybridized carbons (Fsp3) is 0.714. The molecule has 12 heavy (non-hydrogen) atoms. The molecule has 5 heteroatoms. The van der Waals surface area contributed by atoms with Gasteiger partial charge in [0.1, 0.15) is 0 Å². The van der Waals surface area contributed by atoms with Crippen LogP contribution < -0.4 is 5.84 Å². The lowest BCUT2D eigenvalue weighted by atomic mass is 10.1. The molecule has 0 aromatic carbocycles. The molecule has 0 saturated carbocycles. The van der Waals surface area contributed by atoms with Gasteiger partial charge in [0.15, 0.2) is 5.82 Å². The summed E-state index contributed by atoms with van der Waals surface area (Å²) in [5.74, 6) is 6.86. The van der Waals surface area contributed by atoms with Crippen LogP contribution in [0.5, 0.6) is 0 Å². The number of aromatic amines is 1. The Morgan fingerprint density at radius 2 is 2.42 bits per heavy atom. The van der Waals surface area contributed by atoms with Gasteiger partial charge >= 0.3 is 0 Å². The second-order valence-electron chi connectivity index (χ2n) is 2.95. The Morgan fingerprint density at radius 3 is 2.83 bits per heavy atom. The number of nitrogens with zero attached hydrogens (tertiary/aromatic N) is 2. The van der Waals surface area contributed by atoms with E-state index < -0.39 is 0 Å². The van der Waals surface area contributed by atoms with E-state index in [4.69, 9.17) is 18.1 Å². The molecule has 0 spiro atoms. The number of nitrogens with two attached hydrogens (primary N) is 1. The number of H-pyrrole nitrogens is 1. The third kappa shape index (κ3) is 1.66. The zero-order valence-electron chi connectivity index (χ0n) is 7.37. The maximum atomic E-state index is 5.65. The topological polar surface area (TPSA) is 59.6 Å². The van der Waals surface area contributed by atoms with E-state index in [1.54, 1.807) is 0 Å². The van der Waals surface area contributed by atoms with E-state index in [0.29, 0.717) is 10.7 Å². The van der Waals surface area contributed by atoms with E-state index in [2.05, 4.69) is 24.0 Å². The van der Waals surface area contributed by atoms with Crippen molar-refractivity contribution in [2.24, 2.45) is 0 Å². The van der Waals surface area contributed by atoms with Crippen LogP contribution >= 0.6 is 12.2 Å². The quantitative estimate of drug-likeness (QED) is 0.556. The molecule has 1 unspecified atom stereocenters. The molecule has 0 amide bonds. The van der Waals surface area contributed by atoms with Gasteiger partial charge in [-0.25, -0.2) is 4.68 Å². The third-order valence-electron chi connectivity index (χ3n) is 1.89. The van der Waals surface area contributed by atoms with Gasteiger partial charge in [0.05, 0.1) is 0 Å². The number of hydrogen-bond acceptors (Lipinski definition) is 3. The van der Waals surface area contributed by atoms with Crippen LogP contribution in [0.4, 0.5) is 0 Å². The fourth-order valence-corrected chi connectivity index (χ4v) is 1.37. The molecule has 1 aromatic heterocycles. The van der Waals surface area contributed by atoms with Crippen molar-refractivity contribution in [2.45, 2.75) is 32.6 Å². The Kier molecular flexibility index (Phi) is 2.86. The van der Waals surface area contributed by atoms with Crippen LogP contribution in [-0.4, -0.2) is 14.9 Å². The van der Waals surface area contributed by atoms with Crippen molar-refractivity contribution in [2.75, 3.05) is 5.84 Å². The van der Waals surface area contributed by atoms with Crippen LogP contribution in [0.15, 0.2) is 0 Å². The summed E-state index contributed by atoms with van der Waals surface area (Å²) in [6.45, 7) is 4.23. The number of aromatic nitrogens is 3. The summed E-state index contributed by atoms with van der Waals surface area (Å²) in [5, 5.41) is 6.72. The molecule has 1 rings (SSSR count). The van der Waals surface area contributed by atoms with E-state index >= 15 is 0 Å². The monoisotopic (exact) mass is 186 g/mol. The van der Waals surface area contributed by atoms with Gasteiger partial charge in [-0.2, -0.15) is 5.10 Å². The molecule has 68 valence electrons. The molecule has 0 radical (unpaired) electrons. The van der Waals surface area contributed by atoms with Gasteiger partial charge in [0.2, 0.25) is 4.77 Å². The van der Waals surface area contributed by atoms with Gasteiger partial charge in [0, 0.05) is 5.92 Å². The van der Waals surface area contributed by atoms with Crippen LogP contribution in [0.3, 0.4) is 0 Å². The SMILES string of the molecule is CCCC(C)c1n[nH]c(=S)n1N. The van der Waals surface area contributed by atoms with Crippen molar-refractivity contribution < 1.29 is 0 Å². The van der Waals surface area contributed by atoms with E-state index in [-0.39, 0.29) is 0 Å². The Morgan fingerprint density at radius 1 is 1.75 bits per heavy atom. The first kappa shape index (κ1) is 9.25. The van der Waals surface area contributed by atoms with E-state index in [0.717, 1.165) is 18.7 Å². The fourth-order valence-electron chi connectivity index (χ4n) is 1.23. The summed E-state index contributed by atoms with van der Waals surface area (Å²) < 4.78 is 1.92. The predicted molar refractivity (Wildman–Crippen MR) is 50.9 cm³/mol. The molecule has 0 fully saturated rings. The van der Waals surface area contributed by atoms with Crippen molar-refractivity contribution in [1.29, 1.82) is 0 Å².